The van der Waals surface area contributed by atoms with Gasteiger partial charge in [-0.3, -0.25) is 4.90 Å². The van der Waals surface area contributed by atoms with Crippen molar-refractivity contribution in [3.05, 3.63) is 30.1 Å². The molecule has 0 bridgehead atoms. The van der Waals surface area contributed by atoms with Crippen LogP contribution in [0.25, 0.3) is 0 Å². The molecule has 0 radical (unpaired) electrons. The number of rotatable bonds is 2. The molecular formula is C14H19FN2O3S. The molecule has 5 nitrogen and oxygen atoms in total. The van der Waals surface area contributed by atoms with Crippen LogP contribution in [0, 0.1) is 5.82 Å². The van der Waals surface area contributed by atoms with Gasteiger partial charge in [-0.25, -0.2) is 12.8 Å². The predicted molar refractivity (Wildman–Crippen MR) is 78.6 cm³/mol. The molecule has 116 valence electrons. The number of nitrogens with zero attached hydrogens (tertiary/aromatic N) is 2. The van der Waals surface area contributed by atoms with E-state index in [-0.39, 0.29) is 23.4 Å². The fourth-order valence-corrected chi connectivity index (χ4v) is 4.95. The molecule has 0 aliphatic carbocycles. The van der Waals surface area contributed by atoms with Crippen LogP contribution in [0.15, 0.2) is 24.3 Å². The van der Waals surface area contributed by atoms with Crippen LogP contribution < -0.4 is 4.90 Å². The third kappa shape index (κ3) is 3.20. The van der Waals surface area contributed by atoms with Crippen LogP contribution in [0.1, 0.15) is 0 Å². The van der Waals surface area contributed by atoms with Crippen molar-refractivity contribution >= 4 is 15.5 Å². The van der Waals surface area contributed by atoms with E-state index in [1.54, 1.807) is 12.1 Å². The van der Waals surface area contributed by atoms with Crippen molar-refractivity contribution in [1.29, 1.82) is 0 Å². The van der Waals surface area contributed by atoms with E-state index < -0.39 is 15.9 Å². The first-order valence-corrected chi connectivity index (χ1v) is 8.90. The number of halogens is 1. The highest BCUT2D eigenvalue weighted by Gasteiger charge is 2.40. The van der Waals surface area contributed by atoms with Crippen LogP contribution in [0.5, 0.6) is 0 Å². The van der Waals surface area contributed by atoms with E-state index in [1.807, 2.05) is 0 Å². The monoisotopic (exact) mass is 314 g/mol. The lowest BCUT2D eigenvalue weighted by Gasteiger charge is -2.39. The lowest BCUT2D eigenvalue weighted by atomic mass is 10.1. The number of sulfone groups is 1. The molecule has 0 saturated carbocycles. The number of hydrogen-bond acceptors (Lipinski definition) is 5. The fourth-order valence-electron chi connectivity index (χ4n) is 3.12. The molecule has 2 atom stereocenters. The van der Waals surface area contributed by atoms with E-state index in [2.05, 4.69) is 9.80 Å². The SMILES string of the molecule is O=S1(=O)C[C@H](O)[C@@H](N2CCN(c3ccc(F)cc3)CC2)C1. The van der Waals surface area contributed by atoms with Gasteiger partial charge in [-0.05, 0) is 24.3 Å². The van der Waals surface area contributed by atoms with E-state index >= 15 is 0 Å². The zero-order chi connectivity index (χ0) is 15.0. The van der Waals surface area contributed by atoms with Crippen molar-refractivity contribution in [2.24, 2.45) is 0 Å². The predicted octanol–water partition coefficient (Wildman–Crippen LogP) is 0.106. The fraction of sp³-hybridized carbons (Fsp3) is 0.571. The quantitative estimate of drug-likeness (QED) is 0.839. The van der Waals surface area contributed by atoms with Crippen LogP contribution in [0.2, 0.25) is 0 Å². The molecule has 2 heterocycles. The Morgan fingerprint density at radius 1 is 1.05 bits per heavy atom. The summed E-state index contributed by atoms with van der Waals surface area (Å²) in [7, 11) is -3.11. The van der Waals surface area contributed by atoms with E-state index in [4.69, 9.17) is 0 Å². The molecule has 1 aromatic carbocycles. The van der Waals surface area contributed by atoms with E-state index in [0.29, 0.717) is 13.1 Å². The van der Waals surface area contributed by atoms with Gasteiger partial charge in [0, 0.05) is 31.9 Å². The topological polar surface area (TPSA) is 60.9 Å². The minimum atomic E-state index is -3.11. The van der Waals surface area contributed by atoms with Gasteiger partial charge in [-0.2, -0.15) is 0 Å². The molecule has 2 aliphatic rings. The summed E-state index contributed by atoms with van der Waals surface area (Å²) in [4.78, 5) is 4.20. The first-order chi connectivity index (χ1) is 9.94. The summed E-state index contributed by atoms with van der Waals surface area (Å²) in [5, 5.41) is 9.91. The third-order valence-electron chi connectivity index (χ3n) is 4.27. The van der Waals surface area contributed by atoms with Crippen LogP contribution in [-0.4, -0.2) is 68.3 Å². The highest BCUT2D eigenvalue weighted by molar-refractivity contribution is 7.91. The molecule has 0 aromatic heterocycles. The second-order valence-electron chi connectivity index (χ2n) is 5.71. The second-order valence-corrected chi connectivity index (χ2v) is 7.86. The van der Waals surface area contributed by atoms with Crippen LogP contribution >= 0.6 is 0 Å². The summed E-state index contributed by atoms with van der Waals surface area (Å²) in [6.45, 7) is 2.90. The first-order valence-electron chi connectivity index (χ1n) is 7.08. The molecule has 2 aliphatic heterocycles. The van der Waals surface area contributed by atoms with Crippen molar-refractivity contribution in [2.45, 2.75) is 12.1 Å². The summed E-state index contributed by atoms with van der Waals surface area (Å²) in [6, 6.07) is 6.09. The first kappa shape index (κ1) is 14.7. The van der Waals surface area contributed by atoms with Crippen molar-refractivity contribution in [1.82, 2.24) is 4.90 Å². The lowest BCUT2D eigenvalue weighted by Crippen LogP contribution is -2.53. The van der Waals surface area contributed by atoms with Crippen molar-refractivity contribution in [2.75, 3.05) is 42.6 Å². The van der Waals surface area contributed by atoms with Gasteiger partial charge >= 0.3 is 0 Å². The number of hydrogen-bond donors (Lipinski definition) is 1. The molecule has 0 unspecified atom stereocenters. The van der Waals surface area contributed by atoms with E-state index in [9.17, 15) is 17.9 Å². The van der Waals surface area contributed by atoms with Crippen LogP contribution in [0.3, 0.4) is 0 Å². The summed E-state index contributed by atoms with van der Waals surface area (Å²) in [5.41, 5.74) is 0.968. The average Bonchev–Trinajstić information content (AvgIpc) is 2.73. The summed E-state index contributed by atoms with van der Waals surface area (Å²) < 4.78 is 36.1. The molecular weight excluding hydrogens is 295 g/mol. The van der Waals surface area contributed by atoms with Gasteiger partial charge in [0.25, 0.3) is 0 Å². The Labute approximate surface area is 123 Å². The maximum atomic E-state index is 12.9. The summed E-state index contributed by atoms with van der Waals surface area (Å²) in [6.07, 6.45) is -0.785. The highest BCUT2D eigenvalue weighted by atomic mass is 32.2. The van der Waals surface area contributed by atoms with Crippen molar-refractivity contribution in [3.63, 3.8) is 0 Å². The third-order valence-corrected chi connectivity index (χ3v) is 5.97. The smallest absolute Gasteiger partial charge is 0.154 e. The molecule has 21 heavy (non-hydrogen) atoms. The zero-order valence-electron chi connectivity index (χ0n) is 11.7. The standard InChI is InChI=1S/C14H19FN2O3S/c15-11-1-3-12(4-2-11)16-5-7-17(8-6-16)13-9-21(19,20)10-14(13)18/h1-4,13-14,18H,5-10H2/t13-,14-/m0/s1. The molecule has 2 fully saturated rings. The maximum absolute atomic E-state index is 12.9. The minimum absolute atomic E-state index is 0.0463. The molecule has 1 N–H and O–H groups in total. The van der Waals surface area contributed by atoms with Crippen LogP contribution in [0.4, 0.5) is 10.1 Å². The second kappa shape index (κ2) is 5.55. The van der Waals surface area contributed by atoms with Crippen molar-refractivity contribution < 1.29 is 17.9 Å². The molecule has 7 heteroatoms. The van der Waals surface area contributed by atoms with Gasteiger partial charge in [-0.15, -0.1) is 0 Å². The van der Waals surface area contributed by atoms with Crippen LogP contribution in [-0.2, 0) is 9.84 Å². The Balaban J connectivity index is 1.62. The van der Waals surface area contributed by atoms with Gasteiger partial charge in [-0.1, -0.05) is 0 Å². The zero-order valence-corrected chi connectivity index (χ0v) is 12.5. The number of benzene rings is 1. The Hall–Kier alpha value is -1.18. The van der Waals surface area contributed by atoms with Gasteiger partial charge in [0.15, 0.2) is 9.84 Å². The number of aliphatic hydroxyl groups is 1. The Morgan fingerprint density at radius 3 is 2.19 bits per heavy atom. The van der Waals surface area contributed by atoms with Gasteiger partial charge in [0.1, 0.15) is 5.82 Å². The molecule has 1 aromatic rings. The number of aliphatic hydroxyl groups excluding tert-OH is 1. The number of anilines is 1. The maximum Gasteiger partial charge on any atom is 0.154 e. The molecule has 2 saturated heterocycles. The van der Waals surface area contributed by atoms with Gasteiger partial charge in [0.05, 0.1) is 23.7 Å². The Bertz CT molecular complexity index is 597. The normalized spacial score (nSPS) is 29.7. The number of piperazine rings is 1. The largest absolute Gasteiger partial charge is 0.390 e. The molecule has 0 amide bonds. The van der Waals surface area contributed by atoms with E-state index in [1.165, 1.54) is 12.1 Å². The summed E-state index contributed by atoms with van der Waals surface area (Å²) >= 11 is 0. The average molecular weight is 314 g/mol. The Kier molecular flexibility index (Phi) is 3.90. The van der Waals surface area contributed by atoms with Crippen molar-refractivity contribution in [3.8, 4) is 0 Å². The minimum Gasteiger partial charge on any atom is -0.390 e. The van der Waals surface area contributed by atoms with E-state index in [0.717, 1.165) is 18.8 Å². The summed E-state index contributed by atoms with van der Waals surface area (Å²) in [5.74, 6) is -0.336. The van der Waals surface area contributed by atoms with Gasteiger partial charge < -0.3 is 10.0 Å². The Morgan fingerprint density at radius 2 is 1.67 bits per heavy atom. The highest BCUT2D eigenvalue weighted by Crippen LogP contribution is 2.22. The molecule has 3 rings (SSSR count). The van der Waals surface area contributed by atoms with Gasteiger partial charge in [0.2, 0.25) is 0 Å². The lowest BCUT2D eigenvalue weighted by molar-refractivity contribution is 0.0793. The molecule has 0 spiro atoms.